The Morgan fingerprint density at radius 1 is 1.21 bits per heavy atom. The molecule has 1 heterocycles. The molecule has 2 N–H and O–H groups in total. The highest BCUT2D eigenvalue weighted by Gasteiger charge is 2.23. The molecule has 156 valence electrons. The van der Waals surface area contributed by atoms with Crippen molar-refractivity contribution in [1.82, 2.24) is 4.72 Å². The number of halogens is 2. The Morgan fingerprint density at radius 2 is 2.00 bits per heavy atom. The minimum absolute atomic E-state index is 0.0221. The van der Waals surface area contributed by atoms with Crippen LogP contribution in [0.3, 0.4) is 0 Å². The first kappa shape index (κ1) is 21.9. The summed E-state index contributed by atoms with van der Waals surface area (Å²) in [5.41, 5.74) is 0.579. The summed E-state index contributed by atoms with van der Waals surface area (Å²) in [6.07, 6.45) is 1.54. The van der Waals surface area contributed by atoms with Crippen LogP contribution in [0.4, 0.5) is 5.69 Å². The van der Waals surface area contributed by atoms with E-state index in [0.717, 1.165) is 12.8 Å². The largest absolute Gasteiger partial charge is 0.495 e. The Kier molecular flexibility index (Phi) is 7.02. The molecule has 0 radical (unpaired) electrons. The van der Waals surface area contributed by atoms with Crippen LogP contribution in [0.5, 0.6) is 5.75 Å². The van der Waals surface area contributed by atoms with Crippen molar-refractivity contribution in [2.24, 2.45) is 0 Å². The first-order valence-corrected chi connectivity index (χ1v) is 11.1. The Labute approximate surface area is 179 Å². The number of benzene rings is 2. The van der Waals surface area contributed by atoms with Crippen LogP contribution < -0.4 is 14.8 Å². The van der Waals surface area contributed by atoms with Crippen LogP contribution in [-0.4, -0.2) is 40.7 Å². The summed E-state index contributed by atoms with van der Waals surface area (Å²) >= 11 is 12.1. The van der Waals surface area contributed by atoms with Gasteiger partial charge in [0.25, 0.3) is 5.91 Å². The van der Waals surface area contributed by atoms with E-state index in [0.29, 0.717) is 23.1 Å². The summed E-state index contributed by atoms with van der Waals surface area (Å²) in [5, 5.41) is 3.03. The smallest absolute Gasteiger partial charge is 0.255 e. The minimum Gasteiger partial charge on any atom is -0.495 e. The molecule has 1 amide bonds. The lowest BCUT2D eigenvalue weighted by atomic mass is 10.2. The number of hydrogen-bond acceptors (Lipinski definition) is 5. The molecule has 1 unspecified atom stereocenters. The standard InChI is InChI=1S/C19H20Cl2N2O5S/c1-27-17-7-5-13(10-16(17)21)23-19(24)12-4-6-15(20)18(9-12)29(25,26)22-11-14-3-2-8-28-14/h4-7,9-10,14,22H,2-3,8,11H2,1H3,(H,23,24). The van der Waals surface area contributed by atoms with Crippen LogP contribution in [0.15, 0.2) is 41.3 Å². The molecule has 10 heteroatoms. The summed E-state index contributed by atoms with van der Waals surface area (Å²) in [5.74, 6) is -0.0275. The molecule has 0 bridgehead atoms. The van der Waals surface area contributed by atoms with Crippen LogP contribution in [0.2, 0.25) is 10.0 Å². The van der Waals surface area contributed by atoms with Crippen molar-refractivity contribution >= 4 is 44.8 Å². The zero-order valence-electron chi connectivity index (χ0n) is 15.6. The highest BCUT2D eigenvalue weighted by Crippen LogP contribution is 2.28. The van der Waals surface area contributed by atoms with Gasteiger partial charge in [-0.3, -0.25) is 4.79 Å². The van der Waals surface area contributed by atoms with E-state index < -0.39 is 15.9 Å². The lowest BCUT2D eigenvalue weighted by Gasteiger charge is -2.13. The molecule has 0 aliphatic carbocycles. The number of anilines is 1. The quantitative estimate of drug-likeness (QED) is 0.659. The van der Waals surface area contributed by atoms with Crippen LogP contribution >= 0.6 is 23.2 Å². The first-order chi connectivity index (χ1) is 13.8. The number of ether oxygens (including phenoxy) is 2. The van der Waals surface area contributed by atoms with Crippen LogP contribution in [0, 0.1) is 0 Å². The van der Waals surface area contributed by atoms with Crippen molar-refractivity contribution in [3.05, 3.63) is 52.0 Å². The highest BCUT2D eigenvalue weighted by molar-refractivity contribution is 7.89. The summed E-state index contributed by atoms with van der Waals surface area (Å²) < 4.78 is 38.3. The van der Waals surface area contributed by atoms with Crippen LogP contribution in [0.1, 0.15) is 23.2 Å². The topological polar surface area (TPSA) is 93.7 Å². The number of hydrogen-bond donors (Lipinski definition) is 2. The summed E-state index contributed by atoms with van der Waals surface area (Å²) in [4.78, 5) is 12.4. The fourth-order valence-electron chi connectivity index (χ4n) is 2.88. The Bertz CT molecular complexity index is 1010. The van der Waals surface area contributed by atoms with Crippen molar-refractivity contribution < 1.29 is 22.7 Å². The molecule has 0 spiro atoms. The van der Waals surface area contributed by atoms with Gasteiger partial charge in [0.15, 0.2) is 0 Å². The summed E-state index contributed by atoms with van der Waals surface area (Å²) in [6, 6.07) is 8.83. The van der Waals surface area contributed by atoms with E-state index >= 15 is 0 Å². The van der Waals surface area contributed by atoms with E-state index in [1.165, 1.54) is 31.4 Å². The second kappa shape index (κ2) is 9.32. The summed E-state index contributed by atoms with van der Waals surface area (Å²) in [6.45, 7) is 0.775. The maximum Gasteiger partial charge on any atom is 0.255 e. The van der Waals surface area contributed by atoms with Crippen molar-refractivity contribution in [1.29, 1.82) is 0 Å². The van der Waals surface area contributed by atoms with Gasteiger partial charge in [-0.2, -0.15) is 0 Å². The second-order valence-corrected chi connectivity index (χ2v) is 8.99. The van der Waals surface area contributed by atoms with Gasteiger partial charge in [0.1, 0.15) is 10.6 Å². The van der Waals surface area contributed by atoms with Gasteiger partial charge in [-0.1, -0.05) is 23.2 Å². The van der Waals surface area contributed by atoms with Crippen molar-refractivity contribution in [3.63, 3.8) is 0 Å². The van der Waals surface area contributed by atoms with E-state index in [1.54, 1.807) is 12.1 Å². The maximum atomic E-state index is 12.6. The zero-order chi connectivity index (χ0) is 21.0. The third-order valence-corrected chi connectivity index (χ3v) is 6.62. The van der Waals surface area contributed by atoms with Gasteiger partial charge in [-0.15, -0.1) is 0 Å². The fourth-order valence-corrected chi connectivity index (χ4v) is 4.73. The van der Waals surface area contributed by atoms with E-state index in [1.807, 2.05) is 0 Å². The summed E-state index contributed by atoms with van der Waals surface area (Å²) in [7, 11) is -2.41. The van der Waals surface area contributed by atoms with Gasteiger partial charge in [0.2, 0.25) is 10.0 Å². The Morgan fingerprint density at radius 3 is 2.66 bits per heavy atom. The normalized spacial score (nSPS) is 16.6. The SMILES string of the molecule is COc1ccc(NC(=O)c2ccc(Cl)c(S(=O)(=O)NCC3CCCO3)c2)cc1Cl. The van der Waals surface area contributed by atoms with Gasteiger partial charge < -0.3 is 14.8 Å². The van der Waals surface area contributed by atoms with Crippen molar-refractivity contribution in [2.45, 2.75) is 23.8 Å². The van der Waals surface area contributed by atoms with Gasteiger partial charge in [-0.05, 0) is 49.2 Å². The van der Waals surface area contributed by atoms with Crippen LogP contribution in [0.25, 0.3) is 0 Å². The molecule has 2 aromatic rings. The molecule has 29 heavy (non-hydrogen) atoms. The zero-order valence-corrected chi connectivity index (χ0v) is 17.9. The lowest BCUT2D eigenvalue weighted by molar-refractivity contribution is 0.102. The molecule has 0 saturated carbocycles. The molecular formula is C19H20Cl2N2O5S. The molecule has 1 aliphatic rings. The number of carbonyl (C=O) groups is 1. The van der Waals surface area contributed by atoms with Gasteiger partial charge >= 0.3 is 0 Å². The lowest BCUT2D eigenvalue weighted by Crippen LogP contribution is -2.32. The van der Waals surface area contributed by atoms with E-state index in [4.69, 9.17) is 32.7 Å². The molecule has 1 fully saturated rings. The molecule has 0 aromatic heterocycles. The third kappa shape index (κ3) is 5.40. The van der Waals surface area contributed by atoms with E-state index in [9.17, 15) is 13.2 Å². The fraction of sp³-hybridized carbons (Fsp3) is 0.316. The predicted molar refractivity (Wildman–Crippen MR) is 112 cm³/mol. The highest BCUT2D eigenvalue weighted by atomic mass is 35.5. The molecular weight excluding hydrogens is 439 g/mol. The van der Waals surface area contributed by atoms with Crippen LogP contribution in [-0.2, 0) is 14.8 Å². The molecule has 3 rings (SSSR count). The van der Waals surface area contributed by atoms with Gasteiger partial charge in [0, 0.05) is 24.4 Å². The maximum absolute atomic E-state index is 12.6. The third-order valence-electron chi connectivity index (χ3n) is 4.42. The van der Waals surface area contributed by atoms with Crippen molar-refractivity contribution in [3.8, 4) is 5.75 Å². The molecule has 1 atom stereocenters. The number of amides is 1. The number of sulfonamides is 1. The predicted octanol–water partition coefficient (Wildman–Crippen LogP) is 3.71. The minimum atomic E-state index is -3.90. The molecule has 1 aliphatic heterocycles. The van der Waals surface area contributed by atoms with E-state index in [2.05, 4.69) is 10.0 Å². The molecule has 7 nitrogen and oxygen atoms in total. The van der Waals surface area contributed by atoms with Gasteiger partial charge in [0.05, 0.1) is 23.3 Å². The Balaban J connectivity index is 1.76. The number of methoxy groups -OCH3 is 1. The van der Waals surface area contributed by atoms with E-state index in [-0.39, 0.29) is 28.1 Å². The second-order valence-electron chi connectivity index (χ2n) is 6.44. The Hall–Kier alpha value is -1.84. The average molecular weight is 459 g/mol. The van der Waals surface area contributed by atoms with Crippen molar-refractivity contribution in [2.75, 3.05) is 25.6 Å². The molecule has 1 saturated heterocycles. The monoisotopic (exact) mass is 458 g/mol. The first-order valence-electron chi connectivity index (χ1n) is 8.86. The van der Waals surface area contributed by atoms with Gasteiger partial charge in [-0.25, -0.2) is 13.1 Å². The number of rotatable bonds is 7. The molecule has 2 aromatic carbocycles. The number of carbonyl (C=O) groups excluding carboxylic acids is 1. The average Bonchev–Trinajstić information content (AvgIpc) is 3.20. The number of nitrogens with one attached hydrogen (secondary N) is 2.